The third-order valence-electron chi connectivity index (χ3n) is 4.80. The van der Waals surface area contributed by atoms with Crippen LogP contribution in [0.5, 0.6) is 5.75 Å². The van der Waals surface area contributed by atoms with Gasteiger partial charge in [-0.3, -0.25) is 19.2 Å². The fourth-order valence-corrected chi connectivity index (χ4v) is 2.61. The van der Waals surface area contributed by atoms with Crippen LogP contribution in [0.4, 0.5) is 0 Å². The third kappa shape index (κ3) is 8.60. The van der Waals surface area contributed by atoms with E-state index in [4.69, 9.17) is 10.8 Å². The molecule has 11 heteroatoms. The van der Waals surface area contributed by atoms with Crippen LogP contribution in [0.1, 0.15) is 25.8 Å². The van der Waals surface area contributed by atoms with Crippen molar-refractivity contribution >= 4 is 23.7 Å². The Kier molecular flexibility index (Phi) is 10.4. The molecule has 0 saturated carbocycles. The average Bonchev–Trinajstić information content (AvgIpc) is 2.75. The maximum absolute atomic E-state index is 12.8. The lowest BCUT2D eigenvalue weighted by Gasteiger charge is -2.25. The van der Waals surface area contributed by atoms with E-state index >= 15 is 0 Å². The molecule has 1 aromatic rings. The van der Waals surface area contributed by atoms with Crippen LogP contribution in [0.2, 0.25) is 0 Å². The highest BCUT2D eigenvalue weighted by Crippen LogP contribution is 2.12. The van der Waals surface area contributed by atoms with Crippen LogP contribution in [-0.2, 0) is 25.6 Å². The number of aliphatic hydroxyl groups excluding tert-OH is 1. The molecule has 4 unspecified atom stereocenters. The predicted octanol–water partition coefficient (Wildman–Crippen LogP) is -1.53. The number of hydrogen-bond acceptors (Lipinski definition) is 7. The number of nitrogens with one attached hydrogen (secondary N) is 3. The van der Waals surface area contributed by atoms with E-state index in [1.165, 1.54) is 12.1 Å². The molecule has 0 fully saturated rings. The molecule has 1 aromatic carbocycles. The molecule has 0 bridgehead atoms. The van der Waals surface area contributed by atoms with Crippen molar-refractivity contribution in [1.29, 1.82) is 0 Å². The Labute approximate surface area is 180 Å². The van der Waals surface area contributed by atoms with E-state index in [1.54, 1.807) is 19.1 Å². The summed E-state index contributed by atoms with van der Waals surface area (Å²) in [4.78, 5) is 47.9. The number of carbonyl (C=O) groups excluding carboxylic acids is 3. The molecule has 0 heterocycles. The summed E-state index contributed by atoms with van der Waals surface area (Å²) >= 11 is 0. The number of benzene rings is 1. The van der Waals surface area contributed by atoms with Gasteiger partial charge in [-0.15, -0.1) is 0 Å². The molecule has 11 nitrogen and oxygen atoms in total. The van der Waals surface area contributed by atoms with E-state index in [2.05, 4.69) is 16.0 Å². The van der Waals surface area contributed by atoms with E-state index in [1.807, 2.05) is 6.92 Å². The second-order valence-electron chi connectivity index (χ2n) is 7.20. The SMILES string of the molecule is CCC(C)C(N)C(=O)NC(Cc1ccc(O)cc1)C(=O)NC(CO)C(=O)NCC(=O)O. The van der Waals surface area contributed by atoms with Crippen molar-refractivity contribution in [3.8, 4) is 5.75 Å². The molecule has 172 valence electrons. The van der Waals surface area contributed by atoms with Gasteiger partial charge in [-0.2, -0.15) is 0 Å². The van der Waals surface area contributed by atoms with Crippen LogP contribution in [0.15, 0.2) is 24.3 Å². The lowest BCUT2D eigenvalue weighted by Crippen LogP contribution is -2.58. The Hall–Kier alpha value is -3.18. The molecule has 3 amide bonds. The monoisotopic (exact) mass is 438 g/mol. The van der Waals surface area contributed by atoms with E-state index in [9.17, 15) is 29.4 Å². The number of carboxylic acid groups (broad SMARTS) is 1. The number of phenols is 1. The van der Waals surface area contributed by atoms with Crippen LogP contribution < -0.4 is 21.7 Å². The largest absolute Gasteiger partial charge is 0.508 e. The standard InChI is InChI=1S/C20H30N4O7/c1-3-11(2)17(21)20(31)23-14(8-12-4-6-13(26)7-5-12)19(30)24-15(10-25)18(29)22-9-16(27)28/h4-7,11,14-15,17,25-26H,3,8-10,21H2,1-2H3,(H,22,29)(H,23,31)(H,24,30)(H,27,28). The van der Waals surface area contributed by atoms with Gasteiger partial charge in [0.05, 0.1) is 12.6 Å². The molecule has 0 aliphatic heterocycles. The Bertz CT molecular complexity index is 769. The van der Waals surface area contributed by atoms with Gasteiger partial charge in [0.1, 0.15) is 24.4 Å². The molecule has 0 saturated heterocycles. The summed E-state index contributed by atoms with van der Waals surface area (Å²) in [6.07, 6.45) is 0.680. The summed E-state index contributed by atoms with van der Waals surface area (Å²) in [5.74, 6) is -3.59. The van der Waals surface area contributed by atoms with Crippen LogP contribution in [0.25, 0.3) is 0 Å². The average molecular weight is 438 g/mol. The zero-order chi connectivity index (χ0) is 23.6. The number of aliphatic hydroxyl groups is 1. The van der Waals surface area contributed by atoms with Crippen molar-refractivity contribution < 1.29 is 34.5 Å². The number of phenolic OH excluding ortho intramolecular Hbond substituents is 1. The zero-order valence-corrected chi connectivity index (χ0v) is 17.5. The quantitative estimate of drug-likeness (QED) is 0.204. The van der Waals surface area contributed by atoms with Gasteiger partial charge in [0.25, 0.3) is 0 Å². The van der Waals surface area contributed by atoms with Crippen molar-refractivity contribution in [3.63, 3.8) is 0 Å². The number of aromatic hydroxyl groups is 1. The minimum Gasteiger partial charge on any atom is -0.508 e. The number of amides is 3. The van der Waals surface area contributed by atoms with E-state index in [-0.39, 0.29) is 18.1 Å². The Morgan fingerprint density at radius 2 is 1.58 bits per heavy atom. The van der Waals surface area contributed by atoms with Crippen molar-refractivity contribution in [2.24, 2.45) is 11.7 Å². The molecule has 0 spiro atoms. The van der Waals surface area contributed by atoms with Crippen molar-refractivity contribution in [1.82, 2.24) is 16.0 Å². The maximum Gasteiger partial charge on any atom is 0.322 e. The zero-order valence-electron chi connectivity index (χ0n) is 17.5. The fraction of sp³-hybridized carbons (Fsp3) is 0.500. The van der Waals surface area contributed by atoms with Crippen molar-refractivity contribution in [3.05, 3.63) is 29.8 Å². The molecule has 31 heavy (non-hydrogen) atoms. The van der Waals surface area contributed by atoms with Gasteiger partial charge >= 0.3 is 5.97 Å². The lowest BCUT2D eigenvalue weighted by molar-refractivity contribution is -0.139. The van der Waals surface area contributed by atoms with Gasteiger partial charge in [0.2, 0.25) is 17.7 Å². The first-order valence-corrected chi connectivity index (χ1v) is 9.83. The maximum atomic E-state index is 12.8. The van der Waals surface area contributed by atoms with Gasteiger partial charge in [-0.25, -0.2) is 0 Å². The minimum atomic E-state index is -1.41. The highest BCUT2D eigenvalue weighted by atomic mass is 16.4. The number of carbonyl (C=O) groups is 4. The second kappa shape index (κ2) is 12.5. The number of nitrogens with two attached hydrogens (primary N) is 1. The highest BCUT2D eigenvalue weighted by molar-refractivity contribution is 5.93. The normalized spacial score (nSPS) is 14.6. The first kappa shape index (κ1) is 25.9. The molecule has 0 aromatic heterocycles. The van der Waals surface area contributed by atoms with E-state index < -0.39 is 55.0 Å². The minimum absolute atomic E-state index is 0.0278. The Morgan fingerprint density at radius 3 is 2.10 bits per heavy atom. The molecule has 1 rings (SSSR count). The second-order valence-corrected chi connectivity index (χ2v) is 7.20. The highest BCUT2D eigenvalue weighted by Gasteiger charge is 2.29. The summed E-state index contributed by atoms with van der Waals surface area (Å²) in [7, 11) is 0. The molecular weight excluding hydrogens is 408 g/mol. The van der Waals surface area contributed by atoms with Gasteiger partial charge in [-0.1, -0.05) is 32.4 Å². The van der Waals surface area contributed by atoms with Crippen LogP contribution in [0.3, 0.4) is 0 Å². The molecule has 4 atom stereocenters. The summed E-state index contributed by atoms with van der Waals surface area (Å²) in [6.45, 7) is 2.22. The van der Waals surface area contributed by atoms with Crippen molar-refractivity contribution in [2.75, 3.05) is 13.2 Å². The molecule has 0 aliphatic rings. The van der Waals surface area contributed by atoms with Crippen LogP contribution in [-0.4, -0.2) is 70.3 Å². The summed E-state index contributed by atoms with van der Waals surface area (Å²) in [6, 6.07) is 2.59. The smallest absolute Gasteiger partial charge is 0.322 e. The predicted molar refractivity (Wildman–Crippen MR) is 111 cm³/mol. The number of rotatable bonds is 12. The first-order chi connectivity index (χ1) is 14.6. The first-order valence-electron chi connectivity index (χ1n) is 9.83. The van der Waals surface area contributed by atoms with E-state index in [0.717, 1.165) is 0 Å². The topological polar surface area (TPSA) is 191 Å². The summed E-state index contributed by atoms with van der Waals surface area (Å²) in [5.41, 5.74) is 6.56. The third-order valence-corrected chi connectivity index (χ3v) is 4.80. The van der Waals surface area contributed by atoms with E-state index in [0.29, 0.717) is 12.0 Å². The molecular formula is C20H30N4O7. The Balaban J connectivity index is 2.97. The van der Waals surface area contributed by atoms with Crippen LogP contribution in [0, 0.1) is 5.92 Å². The summed E-state index contributed by atoms with van der Waals surface area (Å²) < 4.78 is 0. The lowest BCUT2D eigenvalue weighted by atomic mass is 9.98. The molecule has 8 N–H and O–H groups in total. The number of hydrogen-bond donors (Lipinski definition) is 7. The fourth-order valence-electron chi connectivity index (χ4n) is 2.61. The van der Waals surface area contributed by atoms with Gasteiger partial charge in [0.15, 0.2) is 0 Å². The Morgan fingerprint density at radius 1 is 1.00 bits per heavy atom. The van der Waals surface area contributed by atoms with Gasteiger partial charge in [-0.05, 0) is 23.6 Å². The van der Waals surface area contributed by atoms with Crippen molar-refractivity contribution in [2.45, 2.75) is 44.8 Å². The van der Waals surface area contributed by atoms with Gasteiger partial charge in [0, 0.05) is 6.42 Å². The number of aliphatic carboxylic acids is 1. The van der Waals surface area contributed by atoms with Crippen LogP contribution >= 0.6 is 0 Å². The van der Waals surface area contributed by atoms with Gasteiger partial charge < -0.3 is 37.0 Å². The molecule has 0 aliphatic carbocycles. The summed E-state index contributed by atoms with van der Waals surface area (Å²) in [5, 5.41) is 34.4. The number of carboxylic acids is 1. The molecule has 0 radical (unpaired) electrons.